The summed E-state index contributed by atoms with van der Waals surface area (Å²) >= 11 is 0. The van der Waals surface area contributed by atoms with Gasteiger partial charge in [-0.15, -0.1) is 0 Å². The normalized spacial score (nSPS) is 26.8. The molecule has 3 aliphatic rings. The second kappa shape index (κ2) is 6.78. The summed E-state index contributed by atoms with van der Waals surface area (Å²) in [6.07, 6.45) is 3.43. The van der Waals surface area contributed by atoms with Crippen LogP contribution in [0.1, 0.15) is 52.0 Å². The molecule has 1 aromatic carbocycles. The van der Waals surface area contributed by atoms with Crippen molar-refractivity contribution < 1.29 is 19.3 Å². The third-order valence-electron chi connectivity index (χ3n) is 6.46. The van der Waals surface area contributed by atoms with Crippen LogP contribution in [0.3, 0.4) is 0 Å². The molecule has 0 bridgehead atoms. The van der Waals surface area contributed by atoms with Crippen molar-refractivity contribution in [3.05, 3.63) is 33.9 Å². The van der Waals surface area contributed by atoms with Crippen molar-refractivity contribution in [2.45, 2.75) is 64.5 Å². The molecule has 0 saturated carbocycles. The fourth-order valence-electron chi connectivity index (χ4n) is 5.15. The lowest BCUT2D eigenvalue weighted by molar-refractivity contribution is -0.384. The third kappa shape index (κ3) is 2.86. The van der Waals surface area contributed by atoms with E-state index in [2.05, 4.69) is 10.2 Å². The number of barbiturate groups is 1. The fraction of sp³-hybridized carbons (Fsp3) is 0.571. The standard InChI is InChI=1S/C21H26N4O5/c1-20(2,3)24-18(27)21(17(26)22-19(24)28)12-13-11-14(25(29)30)8-9-15(13)23-10-6-4-5-7-16(21)23/h8-9,11,16H,4-7,10,12H2,1-3H3,(H,22,26,28)/t16-,21+/m0/s1. The maximum Gasteiger partial charge on any atom is 0.331 e. The maximum atomic E-state index is 13.8. The molecule has 2 saturated heterocycles. The van der Waals surface area contributed by atoms with Crippen LogP contribution in [-0.2, 0) is 16.0 Å². The minimum atomic E-state index is -1.49. The number of imide groups is 2. The predicted octanol–water partition coefficient (Wildman–Crippen LogP) is 2.76. The number of carbonyl (C=O) groups is 3. The highest BCUT2D eigenvalue weighted by Gasteiger charge is 2.63. The van der Waals surface area contributed by atoms with Crippen LogP contribution in [0, 0.1) is 15.5 Å². The van der Waals surface area contributed by atoms with E-state index < -0.39 is 39.8 Å². The zero-order valence-corrected chi connectivity index (χ0v) is 17.4. The zero-order valence-electron chi connectivity index (χ0n) is 17.4. The molecule has 9 heteroatoms. The van der Waals surface area contributed by atoms with Crippen LogP contribution < -0.4 is 10.2 Å². The van der Waals surface area contributed by atoms with Gasteiger partial charge in [0.1, 0.15) is 0 Å². The predicted molar refractivity (Wildman–Crippen MR) is 109 cm³/mol. The van der Waals surface area contributed by atoms with E-state index in [1.54, 1.807) is 26.8 Å². The van der Waals surface area contributed by atoms with Gasteiger partial charge in [-0.2, -0.15) is 0 Å². The number of anilines is 1. The first kappa shape index (κ1) is 20.3. The van der Waals surface area contributed by atoms with E-state index >= 15 is 0 Å². The number of carbonyl (C=O) groups excluding carboxylic acids is 3. The average Bonchev–Trinajstić information content (AvgIpc) is 2.91. The van der Waals surface area contributed by atoms with E-state index in [1.165, 1.54) is 12.1 Å². The topological polar surface area (TPSA) is 113 Å². The Hall–Kier alpha value is -2.97. The van der Waals surface area contributed by atoms with Crippen molar-refractivity contribution in [1.29, 1.82) is 0 Å². The number of nitro groups is 1. The molecule has 3 aliphatic heterocycles. The van der Waals surface area contributed by atoms with E-state index in [0.29, 0.717) is 18.5 Å². The molecule has 3 heterocycles. The summed E-state index contributed by atoms with van der Waals surface area (Å²) in [5, 5.41) is 13.8. The average molecular weight is 414 g/mol. The molecule has 4 amide bonds. The number of nitrogens with one attached hydrogen (secondary N) is 1. The van der Waals surface area contributed by atoms with E-state index in [4.69, 9.17) is 0 Å². The lowest BCUT2D eigenvalue weighted by Gasteiger charge is -2.53. The Morgan fingerprint density at radius 2 is 1.90 bits per heavy atom. The molecule has 0 aromatic heterocycles. The van der Waals surface area contributed by atoms with Gasteiger partial charge < -0.3 is 4.90 Å². The lowest BCUT2D eigenvalue weighted by atomic mass is 9.67. The Morgan fingerprint density at radius 1 is 1.17 bits per heavy atom. The second-order valence-corrected chi connectivity index (χ2v) is 9.35. The number of nitro benzene ring substituents is 1. The Bertz CT molecular complexity index is 953. The summed E-state index contributed by atoms with van der Waals surface area (Å²) < 4.78 is 0. The molecule has 30 heavy (non-hydrogen) atoms. The quantitative estimate of drug-likeness (QED) is 0.429. The van der Waals surface area contributed by atoms with Gasteiger partial charge in [-0.3, -0.25) is 29.9 Å². The summed E-state index contributed by atoms with van der Waals surface area (Å²) in [5.41, 5.74) is -0.960. The highest BCUT2D eigenvalue weighted by molar-refractivity contribution is 6.20. The molecule has 0 unspecified atom stereocenters. The summed E-state index contributed by atoms with van der Waals surface area (Å²) in [6, 6.07) is 3.52. The number of hydrogen-bond acceptors (Lipinski definition) is 6. The number of benzene rings is 1. The van der Waals surface area contributed by atoms with E-state index in [0.717, 1.165) is 29.8 Å². The molecule has 2 atom stereocenters. The van der Waals surface area contributed by atoms with Crippen molar-refractivity contribution >= 4 is 29.2 Å². The number of non-ortho nitro benzene ring substituents is 1. The molecule has 2 fully saturated rings. The van der Waals surface area contributed by atoms with Crippen molar-refractivity contribution in [2.75, 3.05) is 11.4 Å². The van der Waals surface area contributed by atoms with Gasteiger partial charge in [-0.1, -0.05) is 12.8 Å². The van der Waals surface area contributed by atoms with Gasteiger partial charge in [0.2, 0.25) is 11.8 Å². The molecular formula is C21H26N4O5. The maximum absolute atomic E-state index is 13.8. The van der Waals surface area contributed by atoms with Gasteiger partial charge in [0.05, 0.1) is 11.0 Å². The molecule has 1 aromatic rings. The van der Waals surface area contributed by atoms with Crippen molar-refractivity contribution in [2.24, 2.45) is 5.41 Å². The van der Waals surface area contributed by atoms with Crippen LogP contribution in [0.5, 0.6) is 0 Å². The largest absolute Gasteiger partial charge is 0.367 e. The van der Waals surface area contributed by atoms with Gasteiger partial charge in [0.15, 0.2) is 5.41 Å². The van der Waals surface area contributed by atoms with Gasteiger partial charge in [-0.05, 0) is 45.2 Å². The zero-order chi connectivity index (χ0) is 21.8. The number of rotatable bonds is 1. The monoisotopic (exact) mass is 414 g/mol. The lowest BCUT2D eigenvalue weighted by Crippen LogP contribution is -2.74. The first-order valence-electron chi connectivity index (χ1n) is 10.3. The second-order valence-electron chi connectivity index (χ2n) is 9.35. The summed E-state index contributed by atoms with van der Waals surface area (Å²) in [7, 11) is 0. The van der Waals surface area contributed by atoms with Crippen LogP contribution in [0.4, 0.5) is 16.2 Å². The Kier molecular flexibility index (Phi) is 4.59. The molecule has 9 nitrogen and oxygen atoms in total. The molecule has 0 radical (unpaired) electrons. The molecule has 1 spiro atoms. The molecule has 4 rings (SSSR count). The minimum Gasteiger partial charge on any atom is -0.367 e. The van der Waals surface area contributed by atoms with Crippen LogP contribution in [0.15, 0.2) is 18.2 Å². The smallest absolute Gasteiger partial charge is 0.331 e. The number of hydrogen-bond donors (Lipinski definition) is 1. The van der Waals surface area contributed by atoms with Crippen LogP contribution in [0.25, 0.3) is 0 Å². The number of urea groups is 1. The molecule has 1 N–H and O–H groups in total. The Labute approximate surface area is 174 Å². The van der Waals surface area contributed by atoms with Crippen molar-refractivity contribution in [1.82, 2.24) is 10.2 Å². The van der Waals surface area contributed by atoms with Gasteiger partial charge in [0, 0.05) is 36.3 Å². The Morgan fingerprint density at radius 3 is 2.57 bits per heavy atom. The summed E-state index contributed by atoms with van der Waals surface area (Å²) in [4.78, 5) is 53.8. The fourth-order valence-corrected chi connectivity index (χ4v) is 5.15. The van der Waals surface area contributed by atoms with Crippen LogP contribution in [0.2, 0.25) is 0 Å². The first-order valence-corrected chi connectivity index (χ1v) is 10.3. The van der Waals surface area contributed by atoms with E-state index in [1.807, 2.05) is 0 Å². The number of nitrogens with zero attached hydrogens (tertiary/aromatic N) is 3. The number of amides is 4. The number of fused-ring (bicyclic) bond motifs is 4. The highest BCUT2D eigenvalue weighted by Crippen LogP contribution is 2.48. The molecular weight excluding hydrogens is 388 g/mol. The third-order valence-corrected chi connectivity index (χ3v) is 6.46. The van der Waals surface area contributed by atoms with Crippen molar-refractivity contribution in [3.63, 3.8) is 0 Å². The van der Waals surface area contributed by atoms with E-state index in [9.17, 15) is 24.5 Å². The van der Waals surface area contributed by atoms with E-state index in [-0.39, 0.29) is 12.1 Å². The van der Waals surface area contributed by atoms with Crippen LogP contribution >= 0.6 is 0 Å². The van der Waals surface area contributed by atoms with Gasteiger partial charge in [-0.25, -0.2) is 4.79 Å². The van der Waals surface area contributed by atoms with Gasteiger partial charge in [0.25, 0.3) is 5.69 Å². The van der Waals surface area contributed by atoms with Crippen molar-refractivity contribution in [3.8, 4) is 0 Å². The summed E-state index contributed by atoms with van der Waals surface area (Å²) in [5.74, 6) is -1.12. The highest BCUT2D eigenvalue weighted by atomic mass is 16.6. The van der Waals surface area contributed by atoms with Crippen LogP contribution in [-0.4, -0.2) is 45.8 Å². The Balaban J connectivity index is 1.92. The SMILES string of the molecule is CC(C)(C)N1C(=O)NC(=O)[C@]2(Cc3cc([N+](=O)[O-])ccc3N3CCCCC[C@H]32)C1=O. The molecule has 160 valence electrons. The molecule has 0 aliphatic carbocycles. The minimum absolute atomic E-state index is 0.0374. The summed E-state index contributed by atoms with van der Waals surface area (Å²) in [6.45, 7) is 5.91. The first-order chi connectivity index (χ1) is 14.1. The van der Waals surface area contributed by atoms with Gasteiger partial charge >= 0.3 is 6.03 Å².